The lowest BCUT2D eigenvalue weighted by Crippen LogP contribution is -1.99. The van der Waals surface area contributed by atoms with Crippen LogP contribution in [0, 0.1) is 0 Å². The molecule has 4 N–H and O–H groups in total. The standard InChI is InChI=1S/C14H21BrN2/c1-2-3-4-5-11(8-9-16)13-10-12(15)6-7-14(13)17/h6-8,10H,2-5,9,16-17H2,1H3/b11-8+. The van der Waals surface area contributed by atoms with E-state index >= 15 is 0 Å². The SMILES string of the molecule is CCCCC/C(=C\CN)c1cc(Br)ccc1N. The van der Waals surface area contributed by atoms with Gasteiger partial charge in [0.1, 0.15) is 0 Å². The van der Waals surface area contributed by atoms with Gasteiger partial charge in [-0.3, -0.25) is 0 Å². The zero-order chi connectivity index (χ0) is 12.7. The van der Waals surface area contributed by atoms with Gasteiger partial charge in [-0.15, -0.1) is 0 Å². The number of allylic oxidation sites excluding steroid dienone is 1. The number of nitrogen functional groups attached to an aromatic ring is 1. The molecule has 0 aliphatic carbocycles. The second-order valence-electron chi connectivity index (χ2n) is 4.15. The van der Waals surface area contributed by atoms with E-state index in [4.69, 9.17) is 11.5 Å². The Morgan fingerprint density at radius 1 is 1.35 bits per heavy atom. The number of benzene rings is 1. The van der Waals surface area contributed by atoms with Gasteiger partial charge in [-0.25, -0.2) is 0 Å². The van der Waals surface area contributed by atoms with Crippen LogP contribution in [0.1, 0.15) is 38.2 Å². The van der Waals surface area contributed by atoms with E-state index in [0.717, 1.165) is 22.1 Å². The number of rotatable bonds is 6. The highest BCUT2D eigenvalue weighted by Crippen LogP contribution is 2.28. The number of nitrogens with two attached hydrogens (primary N) is 2. The highest BCUT2D eigenvalue weighted by Gasteiger charge is 2.06. The molecule has 94 valence electrons. The first-order valence-electron chi connectivity index (χ1n) is 6.13. The fraction of sp³-hybridized carbons (Fsp3) is 0.429. The smallest absolute Gasteiger partial charge is 0.0391 e. The molecule has 0 aromatic heterocycles. The predicted octanol–water partition coefficient (Wildman–Crippen LogP) is 3.95. The molecule has 0 atom stereocenters. The summed E-state index contributed by atoms with van der Waals surface area (Å²) in [6.45, 7) is 2.77. The van der Waals surface area contributed by atoms with Crippen LogP contribution in [0.4, 0.5) is 5.69 Å². The Morgan fingerprint density at radius 3 is 2.76 bits per heavy atom. The van der Waals surface area contributed by atoms with Gasteiger partial charge < -0.3 is 11.5 Å². The summed E-state index contributed by atoms with van der Waals surface area (Å²) in [7, 11) is 0. The van der Waals surface area contributed by atoms with Crippen molar-refractivity contribution in [1.82, 2.24) is 0 Å². The lowest BCUT2D eigenvalue weighted by atomic mass is 9.98. The zero-order valence-electron chi connectivity index (χ0n) is 10.4. The molecule has 0 heterocycles. The average molecular weight is 297 g/mol. The van der Waals surface area contributed by atoms with Gasteiger partial charge in [0.05, 0.1) is 0 Å². The van der Waals surface area contributed by atoms with Crippen LogP contribution in [0.25, 0.3) is 5.57 Å². The van der Waals surface area contributed by atoms with E-state index in [1.165, 1.54) is 24.8 Å². The van der Waals surface area contributed by atoms with Crippen molar-refractivity contribution in [2.45, 2.75) is 32.6 Å². The van der Waals surface area contributed by atoms with Crippen molar-refractivity contribution >= 4 is 27.2 Å². The van der Waals surface area contributed by atoms with Crippen molar-refractivity contribution in [3.8, 4) is 0 Å². The number of unbranched alkanes of at least 4 members (excludes halogenated alkanes) is 2. The van der Waals surface area contributed by atoms with Crippen LogP contribution in [0.2, 0.25) is 0 Å². The minimum Gasteiger partial charge on any atom is -0.398 e. The van der Waals surface area contributed by atoms with Crippen molar-refractivity contribution < 1.29 is 0 Å². The van der Waals surface area contributed by atoms with Crippen LogP contribution in [0.15, 0.2) is 28.7 Å². The molecule has 1 aromatic rings. The quantitative estimate of drug-likeness (QED) is 0.617. The second-order valence-corrected chi connectivity index (χ2v) is 5.07. The van der Waals surface area contributed by atoms with E-state index in [0.29, 0.717) is 6.54 Å². The first kappa shape index (κ1) is 14.3. The molecule has 0 saturated carbocycles. The molecule has 0 spiro atoms. The summed E-state index contributed by atoms with van der Waals surface area (Å²) in [6.07, 6.45) is 6.79. The van der Waals surface area contributed by atoms with Gasteiger partial charge in [-0.1, -0.05) is 41.8 Å². The first-order chi connectivity index (χ1) is 8.19. The maximum atomic E-state index is 6.02. The van der Waals surface area contributed by atoms with Crippen molar-refractivity contribution in [3.63, 3.8) is 0 Å². The summed E-state index contributed by atoms with van der Waals surface area (Å²) in [5, 5.41) is 0. The van der Waals surface area contributed by atoms with E-state index < -0.39 is 0 Å². The third kappa shape index (κ3) is 4.52. The van der Waals surface area contributed by atoms with Crippen molar-refractivity contribution in [1.29, 1.82) is 0 Å². The van der Waals surface area contributed by atoms with E-state index in [9.17, 15) is 0 Å². The summed E-state index contributed by atoms with van der Waals surface area (Å²) < 4.78 is 1.06. The van der Waals surface area contributed by atoms with Crippen LogP contribution < -0.4 is 11.5 Å². The minimum absolute atomic E-state index is 0.563. The van der Waals surface area contributed by atoms with Gasteiger partial charge >= 0.3 is 0 Å². The topological polar surface area (TPSA) is 52.0 Å². The van der Waals surface area contributed by atoms with Crippen LogP contribution in [0.5, 0.6) is 0 Å². The number of anilines is 1. The Labute approximate surface area is 112 Å². The molecule has 1 aromatic carbocycles. The third-order valence-electron chi connectivity index (χ3n) is 2.78. The summed E-state index contributed by atoms with van der Waals surface area (Å²) in [5.41, 5.74) is 14.9. The largest absolute Gasteiger partial charge is 0.398 e. The molecule has 0 fully saturated rings. The molecule has 17 heavy (non-hydrogen) atoms. The summed E-state index contributed by atoms with van der Waals surface area (Å²) in [6, 6.07) is 5.97. The highest BCUT2D eigenvalue weighted by molar-refractivity contribution is 9.10. The molecule has 0 unspecified atom stereocenters. The molecule has 0 aliphatic heterocycles. The molecule has 0 bridgehead atoms. The van der Waals surface area contributed by atoms with E-state index in [1.54, 1.807) is 0 Å². The molecule has 0 aliphatic rings. The number of hydrogen-bond acceptors (Lipinski definition) is 2. The predicted molar refractivity (Wildman–Crippen MR) is 79.7 cm³/mol. The van der Waals surface area contributed by atoms with Crippen LogP contribution in [-0.2, 0) is 0 Å². The van der Waals surface area contributed by atoms with Gasteiger partial charge in [0.25, 0.3) is 0 Å². The average Bonchev–Trinajstić information content (AvgIpc) is 2.32. The van der Waals surface area contributed by atoms with Gasteiger partial charge in [-0.2, -0.15) is 0 Å². The molecule has 1 rings (SSSR count). The van der Waals surface area contributed by atoms with Gasteiger partial charge in [-0.05, 0) is 36.6 Å². The maximum Gasteiger partial charge on any atom is 0.0391 e. The van der Waals surface area contributed by atoms with Crippen molar-refractivity contribution in [2.75, 3.05) is 12.3 Å². The second kappa shape index (κ2) is 7.51. The van der Waals surface area contributed by atoms with Crippen molar-refractivity contribution in [2.24, 2.45) is 5.73 Å². The fourth-order valence-electron chi connectivity index (χ4n) is 1.86. The van der Waals surface area contributed by atoms with Gasteiger partial charge in [0.15, 0.2) is 0 Å². The zero-order valence-corrected chi connectivity index (χ0v) is 12.0. The maximum absolute atomic E-state index is 6.02. The lowest BCUT2D eigenvalue weighted by Gasteiger charge is -2.11. The highest BCUT2D eigenvalue weighted by atomic mass is 79.9. The Hall–Kier alpha value is -0.800. The van der Waals surface area contributed by atoms with Gasteiger partial charge in [0, 0.05) is 22.3 Å². The molecular weight excluding hydrogens is 276 g/mol. The van der Waals surface area contributed by atoms with Crippen LogP contribution in [-0.4, -0.2) is 6.54 Å². The summed E-state index contributed by atoms with van der Waals surface area (Å²) in [4.78, 5) is 0. The molecule has 3 heteroatoms. The Balaban J connectivity index is 2.89. The Morgan fingerprint density at radius 2 is 2.12 bits per heavy atom. The molecule has 0 amide bonds. The molecule has 0 radical (unpaired) electrons. The molecule has 2 nitrogen and oxygen atoms in total. The van der Waals surface area contributed by atoms with E-state index in [2.05, 4.69) is 35.0 Å². The van der Waals surface area contributed by atoms with Crippen LogP contribution >= 0.6 is 15.9 Å². The van der Waals surface area contributed by atoms with Crippen LogP contribution in [0.3, 0.4) is 0 Å². The molecule has 0 saturated heterocycles. The summed E-state index contributed by atoms with van der Waals surface area (Å²) >= 11 is 3.48. The normalized spacial score (nSPS) is 11.8. The summed E-state index contributed by atoms with van der Waals surface area (Å²) in [5.74, 6) is 0. The molecular formula is C14H21BrN2. The lowest BCUT2D eigenvalue weighted by molar-refractivity contribution is 0.735. The Kier molecular flexibility index (Phi) is 6.30. The Bertz CT molecular complexity index is 386. The third-order valence-corrected chi connectivity index (χ3v) is 3.27. The van der Waals surface area contributed by atoms with Gasteiger partial charge in [0.2, 0.25) is 0 Å². The number of halogens is 1. The number of hydrogen-bond donors (Lipinski definition) is 2. The minimum atomic E-state index is 0.563. The first-order valence-corrected chi connectivity index (χ1v) is 6.92. The fourth-order valence-corrected chi connectivity index (χ4v) is 2.22. The van der Waals surface area contributed by atoms with E-state index in [-0.39, 0.29) is 0 Å². The monoisotopic (exact) mass is 296 g/mol. The van der Waals surface area contributed by atoms with Crippen molar-refractivity contribution in [3.05, 3.63) is 34.3 Å². The van der Waals surface area contributed by atoms with E-state index in [1.807, 2.05) is 12.1 Å².